The molecule has 1 heteroatoms. The molecule has 0 bridgehead atoms. The Hall–Kier alpha value is -1.08. The van der Waals surface area contributed by atoms with Crippen molar-refractivity contribution in [1.29, 1.82) is 0 Å². The molecule has 1 nitrogen and oxygen atoms in total. The number of hydrogen-bond acceptors (Lipinski definition) is 1. The van der Waals surface area contributed by atoms with Gasteiger partial charge in [-0.25, -0.2) is 0 Å². The van der Waals surface area contributed by atoms with Gasteiger partial charge in [-0.2, -0.15) is 0 Å². The van der Waals surface area contributed by atoms with E-state index in [-0.39, 0.29) is 6.04 Å². The van der Waals surface area contributed by atoms with Crippen molar-refractivity contribution in [3.63, 3.8) is 0 Å². The summed E-state index contributed by atoms with van der Waals surface area (Å²) < 4.78 is 0. The molecule has 1 aromatic carbocycles. The van der Waals surface area contributed by atoms with Crippen molar-refractivity contribution in [2.75, 3.05) is 0 Å². The molecule has 0 saturated carbocycles. The van der Waals surface area contributed by atoms with Crippen LogP contribution in [-0.4, -0.2) is 0 Å². The first kappa shape index (κ1) is 10.0. The first-order valence-corrected chi connectivity index (χ1v) is 4.57. The first-order valence-electron chi connectivity index (χ1n) is 4.57. The van der Waals surface area contributed by atoms with Crippen molar-refractivity contribution < 1.29 is 0 Å². The highest BCUT2D eigenvalue weighted by atomic mass is 14.6. The van der Waals surface area contributed by atoms with Crippen LogP contribution in [0.2, 0.25) is 0 Å². The summed E-state index contributed by atoms with van der Waals surface area (Å²) in [5, 5.41) is 0. The molecule has 0 aliphatic heterocycles. The van der Waals surface area contributed by atoms with Crippen LogP contribution in [0, 0.1) is 6.92 Å². The molecule has 0 aromatic heterocycles. The molecule has 0 spiro atoms. The van der Waals surface area contributed by atoms with Gasteiger partial charge in [-0.3, -0.25) is 0 Å². The molecule has 0 aliphatic rings. The van der Waals surface area contributed by atoms with E-state index >= 15 is 0 Å². The average Bonchev–Trinajstić information content (AvgIpc) is 2.03. The number of benzene rings is 1. The standard InChI is InChI=1S/C12H17N/c1-9(2)8-12(13)11-7-5-4-6-10(11)3/h4-8,12H,13H2,1-3H3. The predicted molar refractivity (Wildman–Crippen MR) is 57.5 cm³/mol. The van der Waals surface area contributed by atoms with Crippen molar-refractivity contribution in [1.82, 2.24) is 0 Å². The predicted octanol–water partition coefficient (Wildman–Crippen LogP) is 2.96. The normalized spacial score (nSPS) is 12.3. The van der Waals surface area contributed by atoms with Crippen molar-refractivity contribution >= 4 is 0 Å². The fourth-order valence-corrected chi connectivity index (χ4v) is 1.41. The average molecular weight is 175 g/mol. The second-order valence-electron chi connectivity index (χ2n) is 3.63. The molecule has 13 heavy (non-hydrogen) atoms. The van der Waals surface area contributed by atoms with E-state index in [1.54, 1.807) is 0 Å². The van der Waals surface area contributed by atoms with Gasteiger partial charge in [-0.1, -0.05) is 35.9 Å². The lowest BCUT2D eigenvalue weighted by atomic mass is 10.0. The molecule has 0 fully saturated rings. The van der Waals surface area contributed by atoms with E-state index < -0.39 is 0 Å². The summed E-state index contributed by atoms with van der Waals surface area (Å²) in [7, 11) is 0. The van der Waals surface area contributed by atoms with Gasteiger partial charge in [0.2, 0.25) is 0 Å². The van der Waals surface area contributed by atoms with Crippen LogP contribution in [0.4, 0.5) is 0 Å². The number of aryl methyl sites for hydroxylation is 1. The molecular formula is C12H17N. The van der Waals surface area contributed by atoms with Gasteiger partial charge in [-0.15, -0.1) is 0 Å². The monoisotopic (exact) mass is 175 g/mol. The van der Waals surface area contributed by atoms with Crippen LogP contribution in [-0.2, 0) is 0 Å². The molecule has 0 heterocycles. The molecule has 2 N–H and O–H groups in total. The Labute approximate surface area is 80.3 Å². The Balaban J connectivity index is 2.95. The Bertz CT molecular complexity index is 309. The summed E-state index contributed by atoms with van der Waals surface area (Å²) >= 11 is 0. The lowest BCUT2D eigenvalue weighted by molar-refractivity contribution is 0.888. The van der Waals surface area contributed by atoms with Gasteiger partial charge < -0.3 is 5.73 Å². The van der Waals surface area contributed by atoms with E-state index in [4.69, 9.17) is 5.73 Å². The minimum atomic E-state index is 0.0335. The summed E-state index contributed by atoms with van der Waals surface area (Å²) in [5.74, 6) is 0. The van der Waals surface area contributed by atoms with E-state index in [2.05, 4.69) is 39.0 Å². The molecule has 0 saturated heterocycles. The minimum Gasteiger partial charge on any atom is -0.321 e. The van der Waals surface area contributed by atoms with Gasteiger partial charge in [0.1, 0.15) is 0 Å². The summed E-state index contributed by atoms with van der Waals surface area (Å²) in [6.45, 7) is 6.23. The van der Waals surface area contributed by atoms with Gasteiger partial charge in [0.15, 0.2) is 0 Å². The van der Waals surface area contributed by atoms with Gasteiger partial charge in [0.25, 0.3) is 0 Å². The maximum atomic E-state index is 6.02. The fourth-order valence-electron chi connectivity index (χ4n) is 1.41. The molecule has 1 rings (SSSR count). The number of nitrogens with two attached hydrogens (primary N) is 1. The third-order valence-electron chi connectivity index (χ3n) is 2.06. The van der Waals surface area contributed by atoms with Crippen LogP contribution in [0.15, 0.2) is 35.9 Å². The van der Waals surface area contributed by atoms with E-state index in [1.165, 1.54) is 16.7 Å². The van der Waals surface area contributed by atoms with Crippen LogP contribution < -0.4 is 5.73 Å². The molecular weight excluding hydrogens is 158 g/mol. The van der Waals surface area contributed by atoms with Gasteiger partial charge in [0.05, 0.1) is 0 Å². The second-order valence-corrected chi connectivity index (χ2v) is 3.63. The van der Waals surface area contributed by atoms with E-state index in [1.807, 2.05) is 12.1 Å². The Morgan fingerprint density at radius 3 is 2.46 bits per heavy atom. The topological polar surface area (TPSA) is 26.0 Å². The molecule has 1 aromatic rings. The Morgan fingerprint density at radius 1 is 1.31 bits per heavy atom. The SMILES string of the molecule is CC(C)=CC(N)c1ccccc1C. The first-order chi connectivity index (χ1) is 6.11. The highest BCUT2D eigenvalue weighted by Crippen LogP contribution is 2.17. The van der Waals surface area contributed by atoms with Crippen molar-refractivity contribution in [3.05, 3.63) is 47.0 Å². The van der Waals surface area contributed by atoms with Gasteiger partial charge in [-0.05, 0) is 31.9 Å². The summed E-state index contributed by atoms with van der Waals surface area (Å²) in [6, 6.07) is 8.27. The number of hydrogen-bond donors (Lipinski definition) is 1. The quantitative estimate of drug-likeness (QED) is 0.687. The zero-order chi connectivity index (χ0) is 9.84. The maximum absolute atomic E-state index is 6.02. The number of allylic oxidation sites excluding steroid dienone is 1. The van der Waals surface area contributed by atoms with Crippen molar-refractivity contribution in [2.45, 2.75) is 26.8 Å². The Morgan fingerprint density at radius 2 is 1.92 bits per heavy atom. The van der Waals surface area contributed by atoms with Crippen molar-refractivity contribution in [3.8, 4) is 0 Å². The largest absolute Gasteiger partial charge is 0.321 e. The summed E-state index contributed by atoms with van der Waals surface area (Å²) in [5.41, 5.74) is 9.75. The summed E-state index contributed by atoms with van der Waals surface area (Å²) in [4.78, 5) is 0. The lowest BCUT2D eigenvalue weighted by Gasteiger charge is -2.10. The van der Waals surface area contributed by atoms with Crippen LogP contribution in [0.25, 0.3) is 0 Å². The van der Waals surface area contributed by atoms with E-state index in [0.29, 0.717) is 0 Å². The lowest BCUT2D eigenvalue weighted by Crippen LogP contribution is -2.08. The van der Waals surface area contributed by atoms with E-state index in [9.17, 15) is 0 Å². The zero-order valence-electron chi connectivity index (χ0n) is 8.54. The molecule has 1 unspecified atom stereocenters. The number of rotatable bonds is 2. The van der Waals surface area contributed by atoms with Gasteiger partial charge in [0, 0.05) is 6.04 Å². The molecule has 0 amide bonds. The zero-order valence-corrected chi connectivity index (χ0v) is 8.54. The Kier molecular flexibility index (Phi) is 3.26. The highest BCUT2D eigenvalue weighted by Gasteiger charge is 2.03. The smallest absolute Gasteiger partial charge is 0.0486 e. The van der Waals surface area contributed by atoms with Crippen LogP contribution in [0.1, 0.15) is 31.0 Å². The second kappa shape index (κ2) is 4.24. The van der Waals surface area contributed by atoms with Gasteiger partial charge >= 0.3 is 0 Å². The third-order valence-corrected chi connectivity index (χ3v) is 2.06. The van der Waals surface area contributed by atoms with Crippen LogP contribution in [0.5, 0.6) is 0 Å². The van der Waals surface area contributed by atoms with E-state index in [0.717, 1.165) is 0 Å². The minimum absolute atomic E-state index is 0.0335. The molecule has 0 aliphatic carbocycles. The highest BCUT2D eigenvalue weighted by molar-refractivity contribution is 5.31. The molecule has 70 valence electrons. The third kappa shape index (κ3) is 2.71. The molecule has 1 atom stereocenters. The van der Waals surface area contributed by atoms with Crippen LogP contribution >= 0.6 is 0 Å². The fraction of sp³-hybridized carbons (Fsp3) is 0.333. The molecule has 0 radical (unpaired) electrons. The maximum Gasteiger partial charge on any atom is 0.0486 e. The van der Waals surface area contributed by atoms with Crippen LogP contribution in [0.3, 0.4) is 0 Å². The van der Waals surface area contributed by atoms with Crippen molar-refractivity contribution in [2.24, 2.45) is 5.73 Å². The summed E-state index contributed by atoms with van der Waals surface area (Å²) in [6.07, 6.45) is 2.09.